The lowest BCUT2D eigenvalue weighted by molar-refractivity contribution is 0.531. The Kier molecular flexibility index (Phi) is 20.8. The van der Waals surface area contributed by atoms with Crippen LogP contribution < -0.4 is 11.1 Å². The maximum atomic E-state index is 5.49. The van der Waals surface area contributed by atoms with Gasteiger partial charge in [-0.15, -0.1) is 0 Å². The molecule has 0 aliphatic heterocycles. The van der Waals surface area contributed by atoms with Crippen molar-refractivity contribution >= 4 is 0 Å². The van der Waals surface area contributed by atoms with Crippen LogP contribution in [0.25, 0.3) is 0 Å². The van der Waals surface area contributed by atoms with Crippen LogP contribution in [0.15, 0.2) is 0 Å². The summed E-state index contributed by atoms with van der Waals surface area (Å²) in [6.07, 6.45) is 22.3. The highest BCUT2D eigenvalue weighted by molar-refractivity contribution is 4.52. The second-order valence-corrected chi connectivity index (χ2v) is 6.84. The number of hydrogen-bond donors (Lipinski definition) is 2. The van der Waals surface area contributed by atoms with Crippen LogP contribution in [-0.2, 0) is 0 Å². The maximum Gasteiger partial charge on any atom is -0.00489 e. The molecule has 22 heavy (non-hydrogen) atoms. The molecule has 3 N–H and O–H groups in total. The molecule has 0 spiro atoms. The van der Waals surface area contributed by atoms with E-state index >= 15 is 0 Å². The molecule has 0 aromatic rings. The standard InChI is InChI=1S/C20H44N2/c1-2-3-4-5-6-10-13-16-19-22-20-17-14-11-8-7-9-12-15-18-21/h22H,2-21H2,1H3. The average molecular weight is 313 g/mol. The molecule has 0 aromatic carbocycles. The Labute approximate surface area is 141 Å². The van der Waals surface area contributed by atoms with E-state index in [1.165, 1.54) is 116 Å². The summed E-state index contributed by atoms with van der Waals surface area (Å²) in [5.41, 5.74) is 5.49. The monoisotopic (exact) mass is 312 g/mol. The molecule has 0 rings (SSSR count). The first kappa shape index (κ1) is 21.9. The van der Waals surface area contributed by atoms with E-state index in [0.717, 1.165) is 6.54 Å². The van der Waals surface area contributed by atoms with Crippen molar-refractivity contribution in [2.24, 2.45) is 5.73 Å². The molecule has 134 valence electrons. The molecule has 0 aliphatic rings. The summed E-state index contributed by atoms with van der Waals surface area (Å²) in [5, 5.41) is 3.60. The zero-order chi connectivity index (χ0) is 16.1. The van der Waals surface area contributed by atoms with Crippen molar-refractivity contribution in [2.75, 3.05) is 19.6 Å². The van der Waals surface area contributed by atoms with E-state index in [1.54, 1.807) is 0 Å². The fourth-order valence-electron chi connectivity index (χ4n) is 2.96. The Balaban J connectivity index is 2.91. The summed E-state index contributed by atoms with van der Waals surface area (Å²) in [4.78, 5) is 0. The van der Waals surface area contributed by atoms with Crippen LogP contribution in [0, 0.1) is 0 Å². The molecule has 0 saturated heterocycles. The molecule has 2 heteroatoms. The van der Waals surface area contributed by atoms with Crippen molar-refractivity contribution in [3.8, 4) is 0 Å². The van der Waals surface area contributed by atoms with Crippen LogP contribution in [-0.4, -0.2) is 19.6 Å². The molecule has 0 aromatic heterocycles. The minimum Gasteiger partial charge on any atom is -0.330 e. The van der Waals surface area contributed by atoms with Gasteiger partial charge in [0.1, 0.15) is 0 Å². The summed E-state index contributed by atoms with van der Waals surface area (Å²) in [7, 11) is 0. The quantitative estimate of drug-likeness (QED) is 0.296. The summed E-state index contributed by atoms with van der Waals surface area (Å²) in [5.74, 6) is 0. The third-order valence-corrected chi connectivity index (χ3v) is 4.51. The van der Waals surface area contributed by atoms with Gasteiger partial charge in [0.15, 0.2) is 0 Å². The number of hydrogen-bond acceptors (Lipinski definition) is 2. The lowest BCUT2D eigenvalue weighted by Gasteiger charge is -2.05. The largest absolute Gasteiger partial charge is 0.330 e. The fraction of sp³-hybridized carbons (Fsp3) is 1.00. The van der Waals surface area contributed by atoms with E-state index in [-0.39, 0.29) is 0 Å². The number of nitrogens with two attached hydrogens (primary N) is 1. The van der Waals surface area contributed by atoms with E-state index in [0.29, 0.717) is 0 Å². The second kappa shape index (κ2) is 20.9. The van der Waals surface area contributed by atoms with Gasteiger partial charge >= 0.3 is 0 Å². The molecule has 0 radical (unpaired) electrons. The predicted molar refractivity (Wildman–Crippen MR) is 101 cm³/mol. The lowest BCUT2D eigenvalue weighted by atomic mass is 10.1. The van der Waals surface area contributed by atoms with Gasteiger partial charge in [0.05, 0.1) is 0 Å². The maximum absolute atomic E-state index is 5.49. The molecule has 0 atom stereocenters. The molecule has 2 nitrogen and oxygen atoms in total. The van der Waals surface area contributed by atoms with Gasteiger partial charge in [0.25, 0.3) is 0 Å². The molecule has 0 heterocycles. The molecular formula is C20H44N2. The highest BCUT2D eigenvalue weighted by Crippen LogP contribution is 2.09. The molecule has 0 bridgehead atoms. The summed E-state index contributed by atoms with van der Waals surface area (Å²) in [6, 6.07) is 0. The minimum atomic E-state index is 0.866. The van der Waals surface area contributed by atoms with Crippen molar-refractivity contribution in [2.45, 2.75) is 110 Å². The number of unbranched alkanes of at least 4 members (excludes halogenated alkanes) is 14. The Morgan fingerprint density at radius 2 is 0.864 bits per heavy atom. The van der Waals surface area contributed by atoms with Crippen molar-refractivity contribution < 1.29 is 0 Å². The molecule has 0 amide bonds. The highest BCUT2D eigenvalue weighted by atomic mass is 14.8. The molecular weight excluding hydrogens is 268 g/mol. The second-order valence-electron chi connectivity index (χ2n) is 6.84. The van der Waals surface area contributed by atoms with Crippen molar-refractivity contribution in [3.05, 3.63) is 0 Å². The SMILES string of the molecule is CCCCCCCCCCNCCCCCCCCCCN. The minimum absolute atomic E-state index is 0.866. The lowest BCUT2D eigenvalue weighted by Crippen LogP contribution is -2.16. The van der Waals surface area contributed by atoms with E-state index in [9.17, 15) is 0 Å². The van der Waals surface area contributed by atoms with Crippen molar-refractivity contribution in [1.82, 2.24) is 5.32 Å². The van der Waals surface area contributed by atoms with Gasteiger partial charge in [-0.05, 0) is 38.9 Å². The van der Waals surface area contributed by atoms with Gasteiger partial charge in [-0.2, -0.15) is 0 Å². The molecule has 0 aliphatic carbocycles. The Hall–Kier alpha value is -0.0800. The van der Waals surface area contributed by atoms with E-state index in [4.69, 9.17) is 5.73 Å². The van der Waals surface area contributed by atoms with Gasteiger partial charge in [0.2, 0.25) is 0 Å². The smallest absolute Gasteiger partial charge is 0.00489 e. The van der Waals surface area contributed by atoms with Gasteiger partial charge < -0.3 is 11.1 Å². The first-order chi connectivity index (χ1) is 10.9. The summed E-state index contributed by atoms with van der Waals surface area (Å²) in [6.45, 7) is 5.61. The van der Waals surface area contributed by atoms with Crippen LogP contribution in [0.3, 0.4) is 0 Å². The van der Waals surface area contributed by atoms with Crippen LogP contribution in [0.4, 0.5) is 0 Å². The first-order valence-corrected chi connectivity index (χ1v) is 10.3. The molecule has 0 fully saturated rings. The topological polar surface area (TPSA) is 38.0 Å². The summed E-state index contributed by atoms with van der Waals surface area (Å²) >= 11 is 0. The fourth-order valence-corrected chi connectivity index (χ4v) is 2.96. The van der Waals surface area contributed by atoms with E-state index < -0.39 is 0 Å². The molecule has 0 unspecified atom stereocenters. The van der Waals surface area contributed by atoms with Crippen LogP contribution >= 0.6 is 0 Å². The first-order valence-electron chi connectivity index (χ1n) is 10.3. The highest BCUT2D eigenvalue weighted by Gasteiger charge is 1.94. The Morgan fingerprint density at radius 1 is 0.500 bits per heavy atom. The van der Waals surface area contributed by atoms with Crippen molar-refractivity contribution in [3.63, 3.8) is 0 Å². The Morgan fingerprint density at radius 3 is 1.27 bits per heavy atom. The third kappa shape index (κ3) is 19.9. The summed E-state index contributed by atoms with van der Waals surface area (Å²) < 4.78 is 0. The van der Waals surface area contributed by atoms with Crippen LogP contribution in [0.1, 0.15) is 110 Å². The van der Waals surface area contributed by atoms with Crippen molar-refractivity contribution in [1.29, 1.82) is 0 Å². The number of nitrogens with one attached hydrogen (secondary N) is 1. The van der Waals surface area contributed by atoms with Gasteiger partial charge in [0, 0.05) is 0 Å². The normalized spacial score (nSPS) is 11.2. The third-order valence-electron chi connectivity index (χ3n) is 4.51. The zero-order valence-electron chi connectivity index (χ0n) is 15.5. The van der Waals surface area contributed by atoms with E-state index in [1.807, 2.05) is 0 Å². The van der Waals surface area contributed by atoms with Crippen LogP contribution in [0.5, 0.6) is 0 Å². The van der Waals surface area contributed by atoms with Gasteiger partial charge in [-0.25, -0.2) is 0 Å². The van der Waals surface area contributed by atoms with Gasteiger partial charge in [-0.3, -0.25) is 0 Å². The Bertz CT molecular complexity index is 163. The van der Waals surface area contributed by atoms with Gasteiger partial charge in [-0.1, -0.05) is 90.4 Å². The van der Waals surface area contributed by atoms with E-state index in [2.05, 4.69) is 12.2 Å². The average Bonchev–Trinajstić information content (AvgIpc) is 2.54. The zero-order valence-corrected chi connectivity index (χ0v) is 15.5. The predicted octanol–water partition coefficient (Wildman–Crippen LogP) is 5.80. The number of rotatable bonds is 19. The molecule has 0 saturated carbocycles. The van der Waals surface area contributed by atoms with Crippen LogP contribution in [0.2, 0.25) is 0 Å².